The van der Waals surface area contributed by atoms with Crippen LogP contribution in [0.25, 0.3) is 21.4 Å². The van der Waals surface area contributed by atoms with Crippen molar-refractivity contribution in [2.75, 3.05) is 20.1 Å². The minimum atomic E-state index is 0. The topological polar surface area (TPSA) is 50.7 Å². The number of aromatic nitrogens is 5. The number of hydrogen-bond acceptors (Lipinski definition) is 6. The Hall–Kier alpha value is -5.09. The van der Waals surface area contributed by atoms with Gasteiger partial charge in [-0.3, -0.25) is 4.98 Å². The Kier molecular flexibility index (Phi) is 20.9. The molecule has 0 amide bonds. The van der Waals surface area contributed by atoms with E-state index in [9.17, 15) is 0 Å². The SMILES string of the molecule is Cc1[c-]ccc(C)c1.Cc1ccc(C)n2cccc12.Cc1ccc(C)n2ccnc12.Cc1ccc(C)nc1.Cc1ccc2c(c1)CCC21CN(C)C1.Cc1cnc2sc(C)cc2c1.Cc1sc(C)c2c1CCC2.[Y]. The van der Waals surface area contributed by atoms with E-state index in [4.69, 9.17) is 0 Å². The first-order chi connectivity index (χ1) is 34.9. The third kappa shape index (κ3) is 15.1. The molecule has 0 atom stereocenters. The molecule has 1 fully saturated rings. The largest absolute Gasteiger partial charge is 0.321 e. The average Bonchev–Trinajstić information content (AvgIpc) is 4.22. The second kappa shape index (κ2) is 26.6. The van der Waals surface area contributed by atoms with Crippen LogP contribution in [0.2, 0.25) is 0 Å². The summed E-state index contributed by atoms with van der Waals surface area (Å²) in [4.78, 5) is 20.7. The molecule has 74 heavy (non-hydrogen) atoms. The summed E-state index contributed by atoms with van der Waals surface area (Å²) < 4.78 is 4.30. The number of nitrogens with zero attached hydrogens (tertiary/aromatic N) is 6. The zero-order valence-corrected chi connectivity index (χ0v) is 51.1. The number of pyridine rings is 4. The molecule has 6 nitrogen and oxygen atoms in total. The summed E-state index contributed by atoms with van der Waals surface area (Å²) in [6.45, 7) is 30.0. The van der Waals surface area contributed by atoms with Crippen LogP contribution >= 0.6 is 22.7 Å². The summed E-state index contributed by atoms with van der Waals surface area (Å²) in [5.74, 6) is 0. The first-order valence-corrected chi connectivity index (χ1v) is 27.5. The fourth-order valence-electron chi connectivity index (χ4n) is 10.3. The number of likely N-dealkylation sites (tertiary alicyclic amines) is 1. The van der Waals surface area contributed by atoms with E-state index >= 15 is 0 Å². The van der Waals surface area contributed by atoms with E-state index in [1.165, 1.54) is 111 Å². The van der Waals surface area contributed by atoms with Gasteiger partial charge in [-0.15, -0.1) is 22.7 Å². The zero-order chi connectivity index (χ0) is 52.4. The Bertz CT molecular complexity index is 3190. The molecule has 13 rings (SSSR count). The van der Waals surface area contributed by atoms with Crippen molar-refractivity contribution in [3.8, 4) is 0 Å². The van der Waals surface area contributed by atoms with Crippen molar-refractivity contribution >= 4 is 44.1 Å². The maximum Gasteiger partial charge on any atom is 0.139 e. The van der Waals surface area contributed by atoms with Crippen LogP contribution in [0.3, 0.4) is 0 Å². The smallest absolute Gasteiger partial charge is 0.139 e. The molecule has 3 aliphatic rings. The Labute approximate surface area is 476 Å². The molecule has 0 N–H and O–H groups in total. The van der Waals surface area contributed by atoms with E-state index in [1.54, 1.807) is 43.3 Å². The van der Waals surface area contributed by atoms with Gasteiger partial charge in [0.1, 0.15) is 10.5 Å². The van der Waals surface area contributed by atoms with Crippen LogP contribution in [0.4, 0.5) is 0 Å². The average molecular weight is 1100 g/mol. The first-order valence-electron chi connectivity index (χ1n) is 25.9. The summed E-state index contributed by atoms with van der Waals surface area (Å²) in [6, 6.07) is 37.3. The van der Waals surface area contributed by atoms with Gasteiger partial charge in [-0.25, -0.2) is 9.97 Å². The Morgan fingerprint density at radius 3 is 1.85 bits per heavy atom. The van der Waals surface area contributed by atoms with Crippen LogP contribution in [-0.2, 0) is 57.4 Å². The van der Waals surface area contributed by atoms with Gasteiger partial charge in [-0.2, -0.15) is 35.4 Å². The van der Waals surface area contributed by atoms with Crippen LogP contribution in [0.5, 0.6) is 0 Å². The second-order valence-electron chi connectivity index (χ2n) is 20.6. The molecule has 1 saturated heterocycles. The van der Waals surface area contributed by atoms with Crippen LogP contribution in [0.1, 0.15) is 106 Å². The third-order valence-corrected chi connectivity index (χ3v) is 16.2. The predicted molar refractivity (Wildman–Crippen MR) is 314 cm³/mol. The van der Waals surface area contributed by atoms with E-state index in [0.29, 0.717) is 5.41 Å². The zero-order valence-electron chi connectivity index (χ0n) is 46.7. The number of rotatable bonds is 0. The molecule has 1 radical (unpaired) electrons. The van der Waals surface area contributed by atoms with Crippen molar-refractivity contribution in [2.24, 2.45) is 0 Å². The summed E-state index contributed by atoms with van der Waals surface area (Å²) in [7, 11) is 2.22. The van der Waals surface area contributed by atoms with Gasteiger partial charge in [0, 0.05) is 125 Å². The fourth-order valence-corrected chi connectivity index (χ4v) is 12.3. The number of imidazole rings is 1. The fraction of sp³-hybridized carbons (Fsp3) is 0.338. The Morgan fingerprint density at radius 2 is 1.24 bits per heavy atom. The van der Waals surface area contributed by atoms with Gasteiger partial charge in [-0.1, -0.05) is 55.8 Å². The van der Waals surface area contributed by atoms with Crippen molar-refractivity contribution in [3.05, 3.63) is 227 Å². The van der Waals surface area contributed by atoms with Crippen LogP contribution < -0.4 is 0 Å². The molecule has 9 heteroatoms. The normalized spacial score (nSPS) is 13.4. The molecular weight excluding hydrogens is 1020 g/mol. The van der Waals surface area contributed by atoms with Gasteiger partial charge < -0.3 is 13.7 Å². The van der Waals surface area contributed by atoms with Gasteiger partial charge in [0.05, 0.1) is 0 Å². The molecule has 383 valence electrons. The van der Waals surface area contributed by atoms with Crippen molar-refractivity contribution in [1.29, 1.82) is 0 Å². The molecule has 10 aromatic rings. The second-order valence-corrected chi connectivity index (χ2v) is 23.3. The minimum Gasteiger partial charge on any atom is -0.321 e. The minimum absolute atomic E-state index is 0. The van der Waals surface area contributed by atoms with Gasteiger partial charge in [-0.05, 0) is 202 Å². The molecule has 2 aromatic carbocycles. The third-order valence-electron chi connectivity index (χ3n) is 14.1. The maximum atomic E-state index is 4.32. The van der Waals surface area contributed by atoms with E-state index in [-0.39, 0.29) is 32.7 Å². The van der Waals surface area contributed by atoms with E-state index < -0.39 is 0 Å². The molecule has 0 bridgehead atoms. The Morgan fingerprint density at radius 1 is 0.581 bits per heavy atom. The van der Waals surface area contributed by atoms with Gasteiger partial charge in [0.2, 0.25) is 0 Å². The van der Waals surface area contributed by atoms with Crippen LogP contribution in [0, 0.1) is 96.1 Å². The van der Waals surface area contributed by atoms with Crippen molar-refractivity contribution in [1.82, 2.24) is 28.7 Å². The van der Waals surface area contributed by atoms with Gasteiger partial charge in [0.25, 0.3) is 0 Å². The van der Waals surface area contributed by atoms with Gasteiger partial charge in [0.15, 0.2) is 0 Å². The number of aryl methyl sites for hydroxylation is 14. The molecule has 1 spiro atoms. The van der Waals surface area contributed by atoms with Crippen LogP contribution in [0.15, 0.2) is 128 Å². The van der Waals surface area contributed by atoms with Crippen LogP contribution in [-0.4, -0.2) is 48.8 Å². The molecule has 2 aliphatic carbocycles. The van der Waals surface area contributed by atoms with E-state index in [1.807, 2.05) is 75.1 Å². The number of likely N-dealkylation sites (N-methyl/N-ethyl adjacent to an activating group) is 1. The van der Waals surface area contributed by atoms with Crippen molar-refractivity contribution < 1.29 is 32.7 Å². The summed E-state index contributed by atoms with van der Waals surface area (Å²) in [5, 5.41) is 1.27. The summed E-state index contributed by atoms with van der Waals surface area (Å²) >= 11 is 3.72. The quantitative estimate of drug-likeness (QED) is 0.142. The maximum absolute atomic E-state index is 4.32. The molecule has 1 aliphatic heterocycles. The first kappa shape index (κ1) is 58.2. The van der Waals surface area contributed by atoms with Crippen molar-refractivity contribution in [2.45, 2.75) is 128 Å². The predicted octanol–water partition coefficient (Wildman–Crippen LogP) is 16.2. The molecule has 0 saturated carbocycles. The van der Waals surface area contributed by atoms with Crippen molar-refractivity contribution in [3.63, 3.8) is 0 Å². The number of thiophene rings is 2. The number of fused-ring (bicyclic) bond motifs is 6. The summed E-state index contributed by atoms with van der Waals surface area (Å²) in [6.07, 6.45) is 16.4. The standard InChI is InChI=1S/C13H17N.C10H11N.C9H10N2.C9H9NS.C9H12S.C8H9.C7H9N.Y/c1-10-3-4-12-11(7-10)5-6-13(12)8-14(2)9-13;1-8-5-6-9(2)11-7-3-4-10(8)11;1-7-3-4-8(2)11-6-5-10-9(7)11;1-6-3-8-4-7(2)11-9(8)10-5-6;1-6-8-4-3-5-9(8)7(2)10-6;1-7-4-3-5-8(2)6-7;1-6-3-4-7(2)8-5-6;/h3-4,7H,5-6,8-9H2,1-2H3;3-7H,1-2H3;3-6H,1-2H3;3-5H,1-2H3;3-5H2,1-2H3;3-4,6H,1-2H3;3-5H,1-2H3;/q;;;;;-1;;. The van der Waals surface area contributed by atoms with E-state index in [2.05, 4.69) is 196 Å². The molecular formula is C65H77N6S2Y-. The molecule has 9 heterocycles. The Balaban J connectivity index is 0.000000141. The number of benzene rings is 2. The number of hydrogen-bond donors (Lipinski definition) is 0. The molecule has 8 aromatic heterocycles. The summed E-state index contributed by atoms with van der Waals surface area (Å²) in [5.41, 5.74) is 22.0. The monoisotopic (exact) mass is 1090 g/mol. The van der Waals surface area contributed by atoms with E-state index in [0.717, 1.165) is 16.2 Å². The van der Waals surface area contributed by atoms with Gasteiger partial charge >= 0.3 is 0 Å². The molecule has 0 unspecified atom stereocenters.